The highest BCUT2D eigenvalue weighted by molar-refractivity contribution is 5.74. The van der Waals surface area contributed by atoms with Gasteiger partial charge >= 0.3 is 0 Å². The first-order valence-corrected chi connectivity index (χ1v) is 5.97. The van der Waals surface area contributed by atoms with Crippen LogP contribution < -0.4 is 5.73 Å². The lowest BCUT2D eigenvalue weighted by Gasteiger charge is -2.05. The molecule has 0 aliphatic heterocycles. The van der Waals surface area contributed by atoms with Gasteiger partial charge in [0, 0.05) is 12.0 Å². The molecule has 2 aromatic rings. The average Bonchev–Trinajstić information content (AvgIpc) is 3.14. The molecule has 2 aliphatic rings. The van der Waals surface area contributed by atoms with Crippen LogP contribution in [0.25, 0.3) is 11.2 Å². The summed E-state index contributed by atoms with van der Waals surface area (Å²) in [6, 6.07) is 4.46. The molecule has 4 heteroatoms. The van der Waals surface area contributed by atoms with Crippen LogP contribution in [0.15, 0.2) is 12.1 Å². The third-order valence-electron chi connectivity index (χ3n) is 3.44. The van der Waals surface area contributed by atoms with Crippen LogP contribution in [0.3, 0.4) is 0 Å². The largest absolute Gasteiger partial charge is 0.384 e. The van der Waals surface area contributed by atoms with Crippen LogP contribution in [-0.4, -0.2) is 14.5 Å². The fourth-order valence-electron chi connectivity index (χ4n) is 2.33. The molecule has 0 radical (unpaired) electrons. The van der Waals surface area contributed by atoms with E-state index in [1.807, 2.05) is 12.1 Å². The van der Waals surface area contributed by atoms with Crippen molar-refractivity contribution >= 4 is 17.0 Å². The summed E-state index contributed by atoms with van der Waals surface area (Å²) >= 11 is 0. The highest BCUT2D eigenvalue weighted by Crippen LogP contribution is 2.46. The fraction of sp³-hybridized carbons (Fsp3) is 0.500. The van der Waals surface area contributed by atoms with Gasteiger partial charge in [0.05, 0.1) is 0 Å². The topological polar surface area (TPSA) is 56.7 Å². The van der Waals surface area contributed by atoms with Crippen molar-refractivity contribution in [2.75, 3.05) is 5.73 Å². The highest BCUT2D eigenvalue weighted by atomic mass is 15.2. The Labute approximate surface area is 93.5 Å². The second-order valence-electron chi connectivity index (χ2n) is 4.92. The number of nitrogens with zero attached hydrogens (tertiary/aromatic N) is 3. The summed E-state index contributed by atoms with van der Waals surface area (Å²) in [6.45, 7) is 0. The Hall–Kier alpha value is -1.58. The molecule has 0 aromatic carbocycles. The second-order valence-corrected chi connectivity index (χ2v) is 4.92. The molecule has 2 aromatic heterocycles. The molecule has 2 N–H and O–H groups in total. The van der Waals surface area contributed by atoms with Crippen LogP contribution in [0.2, 0.25) is 0 Å². The standard InChI is InChI=1S/C12H14N4/c13-10-6-5-9-12(15-10)16(8-3-4-8)11(14-9)7-1-2-7/h5-8H,1-4H2,(H2,13,15). The van der Waals surface area contributed by atoms with E-state index in [1.165, 1.54) is 31.5 Å². The Morgan fingerprint density at radius 3 is 2.62 bits per heavy atom. The summed E-state index contributed by atoms with van der Waals surface area (Å²) in [4.78, 5) is 9.17. The summed E-state index contributed by atoms with van der Waals surface area (Å²) in [5.41, 5.74) is 7.76. The molecular weight excluding hydrogens is 200 g/mol. The van der Waals surface area contributed by atoms with Crippen molar-refractivity contribution in [3.63, 3.8) is 0 Å². The van der Waals surface area contributed by atoms with E-state index in [0.29, 0.717) is 17.8 Å². The number of nitrogens with two attached hydrogens (primary N) is 1. The molecule has 0 spiro atoms. The van der Waals surface area contributed by atoms with Gasteiger partial charge in [-0.25, -0.2) is 9.97 Å². The van der Waals surface area contributed by atoms with Crippen LogP contribution in [0.1, 0.15) is 43.5 Å². The minimum Gasteiger partial charge on any atom is -0.384 e. The number of anilines is 1. The van der Waals surface area contributed by atoms with Crippen molar-refractivity contribution in [1.82, 2.24) is 14.5 Å². The van der Waals surface area contributed by atoms with Gasteiger partial charge in [0.2, 0.25) is 0 Å². The molecule has 4 rings (SSSR count). The fourth-order valence-corrected chi connectivity index (χ4v) is 2.33. The summed E-state index contributed by atoms with van der Waals surface area (Å²) in [7, 11) is 0. The van der Waals surface area contributed by atoms with E-state index in [4.69, 9.17) is 10.7 Å². The predicted molar refractivity (Wildman–Crippen MR) is 62.2 cm³/mol. The Morgan fingerprint density at radius 2 is 1.94 bits per heavy atom. The molecule has 16 heavy (non-hydrogen) atoms. The summed E-state index contributed by atoms with van der Waals surface area (Å²) in [6.07, 6.45) is 5.10. The van der Waals surface area contributed by atoms with E-state index >= 15 is 0 Å². The van der Waals surface area contributed by atoms with Crippen molar-refractivity contribution in [3.05, 3.63) is 18.0 Å². The SMILES string of the molecule is Nc1ccc2nc(C3CC3)n(C3CC3)c2n1. The van der Waals surface area contributed by atoms with E-state index in [-0.39, 0.29) is 0 Å². The number of rotatable bonds is 2. The third kappa shape index (κ3) is 1.16. The van der Waals surface area contributed by atoms with Crippen LogP contribution in [0.4, 0.5) is 5.82 Å². The molecule has 0 bridgehead atoms. The Bertz CT molecular complexity index is 564. The van der Waals surface area contributed by atoms with E-state index in [9.17, 15) is 0 Å². The first-order chi connectivity index (χ1) is 7.83. The van der Waals surface area contributed by atoms with Gasteiger partial charge < -0.3 is 10.3 Å². The van der Waals surface area contributed by atoms with Gasteiger partial charge in [-0.1, -0.05) is 0 Å². The maximum absolute atomic E-state index is 5.76. The van der Waals surface area contributed by atoms with Gasteiger partial charge in [-0.2, -0.15) is 0 Å². The van der Waals surface area contributed by atoms with Crippen LogP contribution in [0.5, 0.6) is 0 Å². The highest BCUT2D eigenvalue weighted by Gasteiger charge is 2.35. The van der Waals surface area contributed by atoms with E-state index in [1.54, 1.807) is 0 Å². The summed E-state index contributed by atoms with van der Waals surface area (Å²) in [5, 5.41) is 0. The number of nitrogen functional groups attached to an aromatic ring is 1. The summed E-state index contributed by atoms with van der Waals surface area (Å²) in [5.74, 6) is 2.52. The molecule has 0 saturated heterocycles. The van der Waals surface area contributed by atoms with Crippen LogP contribution >= 0.6 is 0 Å². The van der Waals surface area contributed by atoms with E-state index < -0.39 is 0 Å². The lowest BCUT2D eigenvalue weighted by atomic mass is 10.4. The van der Waals surface area contributed by atoms with Crippen molar-refractivity contribution < 1.29 is 0 Å². The molecule has 2 fully saturated rings. The average molecular weight is 214 g/mol. The zero-order valence-electron chi connectivity index (χ0n) is 9.06. The van der Waals surface area contributed by atoms with Gasteiger partial charge in [-0.3, -0.25) is 0 Å². The number of fused-ring (bicyclic) bond motifs is 1. The third-order valence-corrected chi connectivity index (χ3v) is 3.44. The van der Waals surface area contributed by atoms with Crippen molar-refractivity contribution in [3.8, 4) is 0 Å². The van der Waals surface area contributed by atoms with Gasteiger partial charge in [-0.15, -0.1) is 0 Å². The number of hydrogen-bond acceptors (Lipinski definition) is 3. The lowest BCUT2D eigenvalue weighted by molar-refractivity contribution is 0.697. The number of aromatic nitrogens is 3. The van der Waals surface area contributed by atoms with Crippen LogP contribution in [0, 0.1) is 0 Å². The first kappa shape index (κ1) is 8.56. The van der Waals surface area contributed by atoms with Gasteiger partial charge in [0.15, 0.2) is 5.65 Å². The number of imidazole rings is 1. The normalized spacial score (nSPS) is 20.5. The molecule has 82 valence electrons. The van der Waals surface area contributed by atoms with Crippen molar-refractivity contribution in [1.29, 1.82) is 0 Å². The molecule has 2 saturated carbocycles. The predicted octanol–water partition coefficient (Wildman–Crippen LogP) is 2.23. The van der Waals surface area contributed by atoms with Gasteiger partial charge in [-0.05, 0) is 37.8 Å². The number of pyridine rings is 1. The monoisotopic (exact) mass is 214 g/mol. The molecule has 2 aliphatic carbocycles. The lowest BCUT2D eigenvalue weighted by Crippen LogP contribution is -2.01. The smallest absolute Gasteiger partial charge is 0.162 e. The Balaban J connectivity index is 2.01. The zero-order valence-corrected chi connectivity index (χ0v) is 9.06. The maximum atomic E-state index is 5.76. The molecule has 0 unspecified atom stereocenters. The maximum Gasteiger partial charge on any atom is 0.162 e. The molecule has 0 atom stereocenters. The molecule has 0 amide bonds. The quantitative estimate of drug-likeness (QED) is 0.834. The van der Waals surface area contributed by atoms with E-state index in [2.05, 4.69) is 9.55 Å². The first-order valence-electron chi connectivity index (χ1n) is 5.97. The minimum absolute atomic E-state index is 0.594. The van der Waals surface area contributed by atoms with Crippen molar-refractivity contribution in [2.45, 2.75) is 37.6 Å². The van der Waals surface area contributed by atoms with Gasteiger partial charge in [0.1, 0.15) is 17.2 Å². The van der Waals surface area contributed by atoms with Gasteiger partial charge in [0.25, 0.3) is 0 Å². The Kier molecular flexibility index (Phi) is 1.47. The molecule has 4 nitrogen and oxygen atoms in total. The molecular formula is C12H14N4. The Morgan fingerprint density at radius 1 is 1.12 bits per heavy atom. The number of hydrogen-bond donors (Lipinski definition) is 1. The summed E-state index contributed by atoms with van der Waals surface area (Å²) < 4.78 is 2.34. The van der Waals surface area contributed by atoms with Crippen LogP contribution in [-0.2, 0) is 0 Å². The van der Waals surface area contributed by atoms with E-state index in [0.717, 1.165) is 11.2 Å². The second kappa shape index (κ2) is 2.75. The minimum atomic E-state index is 0.594. The molecule has 2 heterocycles. The zero-order chi connectivity index (χ0) is 10.7. The van der Waals surface area contributed by atoms with Crippen molar-refractivity contribution in [2.24, 2.45) is 0 Å².